The summed E-state index contributed by atoms with van der Waals surface area (Å²) in [6.07, 6.45) is 6.39. The molecule has 0 spiro atoms. The van der Waals surface area contributed by atoms with Crippen LogP contribution in [0.4, 0.5) is 5.69 Å². The van der Waals surface area contributed by atoms with Crippen LogP contribution in [-0.4, -0.2) is 27.5 Å². The first-order valence-corrected chi connectivity index (χ1v) is 14.4. The Balaban J connectivity index is 1.50. The maximum Gasteiger partial charge on any atom is 0.297 e. The number of aryl methyl sites for hydroxylation is 2. The Morgan fingerprint density at radius 2 is 1.61 bits per heavy atom. The van der Waals surface area contributed by atoms with Gasteiger partial charge in [0.25, 0.3) is 5.65 Å². The molecular weight excluding hydrogens is 506 g/mol. The quantitative estimate of drug-likeness (QED) is 0.169. The predicted molar refractivity (Wildman–Crippen MR) is 168 cm³/mol. The molecule has 0 saturated carbocycles. The number of para-hydroxylation sites is 2. The van der Waals surface area contributed by atoms with Crippen molar-refractivity contribution in [3.8, 4) is 11.5 Å². The van der Waals surface area contributed by atoms with E-state index in [0.29, 0.717) is 5.92 Å². The number of nitrogens with zero attached hydrogens (tertiary/aromatic N) is 5. The van der Waals surface area contributed by atoms with Crippen molar-refractivity contribution in [1.82, 2.24) is 14.3 Å². The lowest BCUT2D eigenvalue weighted by Crippen LogP contribution is -2.33. The zero-order chi connectivity index (χ0) is 28.6. The fourth-order valence-electron chi connectivity index (χ4n) is 6.49. The first-order valence-electron chi connectivity index (χ1n) is 14.4. The lowest BCUT2D eigenvalue weighted by Gasteiger charge is -2.28. The van der Waals surface area contributed by atoms with Crippen molar-refractivity contribution in [2.24, 2.45) is 7.05 Å². The SMILES string of the molecule is Cc1c(Oc2cnc3c4c(C(C)C)cccc4n4c5ccccc5[n+](C)c4c3c2C)cccc1N1C=CN(C)[C@H]1C. The van der Waals surface area contributed by atoms with Crippen molar-refractivity contribution < 1.29 is 9.30 Å². The standard InChI is InChI=1S/C35H36N5O/c1-21(2)25-12-10-16-29-33(25)34-32(35-38(7)27-13-8-9-14-28(27)40(29)35)23(4)31(20-36-34)41-30-17-11-15-26(22(30)3)39-19-18-37(6)24(39)5/h8-21,24H,1-7H3/q+1/t24-/m1/s1. The Morgan fingerprint density at radius 1 is 0.854 bits per heavy atom. The van der Waals surface area contributed by atoms with Gasteiger partial charge < -0.3 is 14.5 Å². The molecule has 0 saturated heterocycles. The number of anilines is 1. The van der Waals surface area contributed by atoms with Gasteiger partial charge in [-0.2, -0.15) is 4.40 Å². The summed E-state index contributed by atoms with van der Waals surface area (Å²) in [7, 11) is 4.25. The third-order valence-corrected chi connectivity index (χ3v) is 8.91. The van der Waals surface area contributed by atoms with E-state index in [2.05, 4.69) is 141 Å². The average molecular weight is 543 g/mol. The van der Waals surface area contributed by atoms with Crippen LogP contribution >= 0.6 is 0 Å². The lowest BCUT2D eigenvalue weighted by atomic mass is 9.95. The Bertz CT molecular complexity index is 2040. The van der Waals surface area contributed by atoms with Crippen LogP contribution in [0.1, 0.15) is 43.4 Å². The second kappa shape index (κ2) is 9.23. The Labute approximate surface area is 240 Å². The maximum absolute atomic E-state index is 6.72. The highest BCUT2D eigenvalue weighted by Crippen LogP contribution is 2.40. The Hall–Kier alpha value is -4.58. The molecule has 0 radical (unpaired) electrons. The van der Waals surface area contributed by atoms with Gasteiger partial charge in [0, 0.05) is 36.3 Å². The van der Waals surface area contributed by atoms with Crippen LogP contribution in [-0.2, 0) is 7.05 Å². The number of aromatic nitrogens is 3. The largest absolute Gasteiger partial charge is 0.455 e. The highest BCUT2D eigenvalue weighted by atomic mass is 16.5. The maximum atomic E-state index is 6.72. The minimum Gasteiger partial charge on any atom is -0.455 e. The molecule has 4 heterocycles. The monoisotopic (exact) mass is 542 g/mol. The summed E-state index contributed by atoms with van der Waals surface area (Å²) in [5.74, 6) is 1.97. The third-order valence-electron chi connectivity index (χ3n) is 8.91. The van der Waals surface area contributed by atoms with Gasteiger partial charge in [-0.1, -0.05) is 44.2 Å². The second-order valence-corrected chi connectivity index (χ2v) is 11.6. The van der Waals surface area contributed by atoms with E-state index in [4.69, 9.17) is 9.72 Å². The topological polar surface area (TPSA) is 36.9 Å². The first kappa shape index (κ1) is 25.4. The summed E-state index contributed by atoms with van der Waals surface area (Å²) >= 11 is 0. The molecule has 0 bridgehead atoms. The first-order chi connectivity index (χ1) is 19.8. The third kappa shape index (κ3) is 3.63. The number of hydrogen-bond donors (Lipinski definition) is 0. The highest BCUT2D eigenvalue weighted by Gasteiger charge is 2.28. The molecule has 0 aliphatic carbocycles. The summed E-state index contributed by atoms with van der Waals surface area (Å²) in [4.78, 5) is 9.62. The van der Waals surface area contributed by atoms with Crippen LogP contribution in [0.3, 0.4) is 0 Å². The molecule has 0 amide bonds. The van der Waals surface area contributed by atoms with E-state index in [9.17, 15) is 0 Å². The number of hydrogen-bond acceptors (Lipinski definition) is 4. The van der Waals surface area contributed by atoms with Crippen LogP contribution in [0.2, 0.25) is 0 Å². The van der Waals surface area contributed by atoms with E-state index in [-0.39, 0.29) is 6.17 Å². The van der Waals surface area contributed by atoms with Crippen molar-refractivity contribution in [3.05, 3.63) is 96.0 Å². The molecule has 6 aromatic rings. The molecule has 6 nitrogen and oxygen atoms in total. The molecule has 6 heteroatoms. The van der Waals surface area contributed by atoms with Gasteiger partial charge in [0.05, 0.1) is 29.5 Å². The average Bonchev–Trinajstić information content (AvgIpc) is 3.46. The number of benzene rings is 3. The highest BCUT2D eigenvalue weighted by molar-refractivity contribution is 6.13. The van der Waals surface area contributed by atoms with E-state index in [0.717, 1.165) is 44.9 Å². The second-order valence-electron chi connectivity index (χ2n) is 11.6. The molecule has 41 heavy (non-hydrogen) atoms. The fourth-order valence-corrected chi connectivity index (χ4v) is 6.49. The van der Waals surface area contributed by atoms with Crippen LogP contribution in [0.25, 0.3) is 38.5 Å². The summed E-state index contributed by atoms with van der Waals surface area (Å²) < 4.78 is 11.4. The molecule has 0 N–H and O–H groups in total. The number of ether oxygens (including phenoxy) is 1. The van der Waals surface area contributed by atoms with E-state index in [1.54, 1.807) is 0 Å². The normalized spacial score (nSPS) is 15.5. The smallest absolute Gasteiger partial charge is 0.297 e. The van der Waals surface area contributed by atoms with Crippen LogP contribution < -0.4 is 14.2 Å². The van der Waals surface area contributed by atoms with Crippen LogP contribution in [0, 0.1) is 13.8 Å². The number of pyridine rings is 2. The van der Waals surface area contributed by atoms with Crippen LogP contribution in [0.15, 0.2) is 79.3 Å². The number of imidazole rings is 1. The minimum atomic E-state index is 0.244. The Morgan fingerprint density at radius 3 is 2.37 bits per heavy atom. The molecule has 206 valence electrons. The van der Waals surface area contributed by atoms with Gasteiger partial charge in [-0.3, -0.25) is 4.98 Å². The molecule has 7 rings (SSSR count). The minimum absolute atomic E-state index is 0.244. The van der Waals surface area contributed by atoms with Crippen molar-refractivity contribution >= 4 is 44.2 Å². The van der Waals surface area contributed by atoms with E-state index < -0.39 is 0 Å². The summed E-state index contributed by atoms with van der Waals surface area (Å²) in [5.41, 5.74) is 10.3. The molecule has 1 aliphatic rings. The van der Waals surface area contributed by atoms with Gasteiger partial charge in [0.15, 0.2) is 11.0 Å². The van der Waals surface area contributed by atoms with Crippen LogP contribution in [0.5, 0.6) is 11.5 Å². The van der Waals surface area contributed by atoms with Gasteiger partial charge in [0.2, 0.25) is 0 Å². The van der Waals surface area contributed by atoms with Crippen molar-refractivity contribution in [1.29, 1.82) is 0 Å². The lowest BCUT2D eigenvalue weighted by molar-refractivity contribution is -0.617. The molecule has 3 aromatic heterocycles. The van der Waals surface area contributed by atoms with Crippen molar-refractivity contribution in [2.75, 3.05) is 11.9 Å². The van der Waals surface area contributed by atoms with Crippen molar-refractivity contribution in [3.63, 3.8) is 0 Å². The van der Waals surface area contributed by atoms with Crippen molar-refractivity contribution in [2.45, 2.75) is 46.7 Å². The van der Waals surface area contributed by atoms with E-state index in [1.165, 1.54) is 27.5 Å². The van der Waals surface area contributed by atoms with E-state index in [1.807, 2.05) is 6.20 Å². The fraction of sp³-hybridized carbons (Fsp3) is 0.257. The van der Waals surface area contributed by atoms with Gasteiger partial charge in [-0.25, -0.2) is 4.57 Å². The number of fused-ring (bicyclic) bond motifs is 8. The van der Waals surface area contributed by atoms with Gasteiger partial charge >= 0.3 is 0 Å². The van der Waals surface area contributed by atoms with E-state index >= 15 is 0 Å². The molecule has 1 aliphatic heterocycles. The molecular formula is C35H36N5O+. The Kier molecular flexibility index (Phi) is 5.72. The summed E-state index contributed by atoms with van der Waals surface area (Å²) in [5, 5.41) is 2.33. The zero-order valence-corrected chi connectivity index (χ0v) is 24.8. The molecule has 0 fully saturated rings. The zero-order valence-electron chi connectivity index (χ0n) is 24.8. The number of rotatable bonds is 4. The van der Waals surface area contributed by atoms with Gasteiger partial charge in [-0.15, -0.1) is 0 Å². The molecule has 1 atom stereocenters. The summed E-state index contributed by atoms with van der Waals surface area (Å²) in [6.45, 7) is 11.0. The predicted octanol–water partition coefficient (Wildman–Crippen LogP) is 7.72. The summed E-state index contributed by atoms with van der Waals surface area (Å²) in [6, 6.07) is 21.5. The molecule has 3 aromatic carbocycles. The van der Waals surface area contributed by atoms with Gasteiger partial charge in [-0.05, 0) is 62.6 Å². The molecule has 0 unspecified atom stereocenters. The van der Waals surface area contributed by atoms with Gasteiger partial charge in [0.1, 0.15) is 23.2 Å².